The van der Waals surface area contributed by atoms with E-state index in [0.717, 1.165) is 18.5 Å². The van der Waals surface area contributed by atoms with Gasteiger partial charge in [0.2, 0.25) is 5.88 Å². The van der Waals surface area contributed by atoms with Crippen molar-refractivity contribution in [3.8, 4) is 17.3 Å². The molecule has 0 aromatic carbocycles. The number of ether oxygens (including phenoxy) is 1. The molecule has 13 heteroatoms. The zero-order chi connectivity index (χ0) is 28.4. The van der Waals surface area contributed by atoms with E-state index >= 15 is 0 Å². The molecule has 0 bridgehead atoms. The number of rotatable bonds is 11. The van der Waals surface area contributed by atoms with Crippen LogP contribution in [0.3, 0.4) is 0 Å². The number of sulfone groups is 1. The fourth-order valence-corrected chi connectivity index (χ4v) is 5.51. The number of nitrogens with one attached hydrogen (secondary N) is 1. The van der Waals surface area contributed by atoms with Gasteiger partial charge in [-0.25, -0.2) is 33.3 Å². The standard InChI is InChI=1S/C27H32N8O4S/c1-5-18(6-2)35-25-20(14-30-23(34-25)21-22(16-8-9-16)31-15-32-26(21)39-4)33-24(27(35)36)29-12-17-10-11-19(13-28-17)40(37,38)7-3/h10-11,13-16,18H,5-9,12H2,1-4H3,(H,29,33). The summed E-state index contributed by atoms with van der Waals surface area (Å²) in [6, 6.07) is 3.03. The highest BCUT2D eigenvalue weighted by molar-refractivity contribution is 7.91. The number of nitrogens with zero attached hydrogens (tertiary/aromatic N) is 7. The summed E-state index contributed by atoms with van der Waals surface area (Å²) in [7, 11) is -1.79. The molecule has 4 heterocycles. The van der Waals surface area contributed by atoms with Crippen LogP contribution in [-0.2, 0) is 16.4 Å². The van der Waals surface area contributed by atoms with Crippen molar-refractivity contribution in [1.82, 2.24) is 34.5 Å². The van der Waals surface area contributed by atoms with Crippen LogP contribution in [0, 0.1) is 0 Å². The molecular weight excluding hydrogens is 532 g/mol. The lowest BCUT2D eigenvalue weighted by Crippen LogP contribution is -2.29. The quantitative estimate of drug-likeness (QED) is 0.283. The molecule has 0 amide bonds. The number of pyridine rings is 1. The smallest absolute Gasteiger partial charge is 0.295 e. The van der Waals surface area contributed by atoms with Gasteiger partial charge in [-0.15, -0.1) is 0 Å². The second kappa shape index (κ2) is 11.2. The van der Waals surface area contributed by atoms with E-state index in [1.807, 2.05) is 13.8 Å². The Hall–Kier alpha value is -4.00. The Bertz CT molecular complexity index is 1700. The van der Waals surface area contributed by atoms with Gasteiger partial charge >= 0.3 is 0 Å². The Morgan fingerprint density at radius 2 is 1.82 bits per heavy atom. The van der Waals surface area contributed by atoms with E-state index in [4.69, 9.17) is 9.72 Å². The maximum Gasteiger partial charge on any atom is 0.295 e. The van der Waals surface area contributed by atoms with Crippen LogP contribution in [-0.4, -0.2) is 55.8 Å². The van der Waals surface area contributed by atoms with Gasteiger partial charge in [0.25, 0.3) is 5.56 Å². The summed E-state index contributed by atoms with van der Waals surface area (Å²) in [6.45, 7) is 5.82. The molecule has 1 fully saturated rings. The number of hydrogen-bond donors (Lipinski definition) is 1. The molecule has 210 valence electrons. The van der Waals surface area contributed by atoms with Crippen molar-refractivity contribution in [1.29, 1.82) is 0 Å². The number of anilines is 1. The van der Waals surface area contributed by atoms with Gasteiger partial charge in [0.05, 0.1) is 41.9 Å². The Morgan fingerprint density at radius 3 is 2.45 bits per heavy atom. The third-order valence-electron chi connectivity index (χ3n) is 7.14. The maximum atomic E-state index is 13.8. The minimum atomic E-state index is -3.34. The first kappa shape index (κ1) is 27.6. The Labute approximate surface area is 232 Å². The van der Waals surface area contributed by atoms with Crippen LogP contribution in [0.2, 0.25) is 0 Å². The van der Waals surface area contributed by atoms with Crippen LogP contribution in [0.15, 0.2) is 40.5 Å². The molecule has 0 spiro atoms. The first-order valence-electron chi connectivity index (χ1n) is 13.4. The van der Waals surface area contributed by atoms with E-state index in [-0.39, 0.29) is 34.6 Å². The molecule has 5 rings (SSSR count). The number of fused-ring (bicyclic) bond motifs is 1. The van der Waals surface area contributed by atoms with E-state index in [1.54, 1.807) is 30.9 Å². The van der Waals surface area contributed by atoms with Gasteiger partial charge in [0.15, 0.2) is 27.1 Å². The molecule has 12 nitrogen and oxygen atoms in total. The van der Waals surface area contributed by atoms with E-state index in [0.29, 0.717) is 52.9 Å². The third kappa shape index (κ3) is 5.25. The van der Waals surface area contributed by atoms with Crippen LogP contribution < -0.4 is 15.6 Å². The fraction of sp³-hybridized carbons (Fsp3) is 0.444. The zero-order valence-electron chi connectivity index (χ0n) is 23.0. The van der Waals surface area contributed by atoms with Crippen LogP contribution >= 0.6 is 0 Å². The molecule has 40 heavy (non-hydrogen) atoms. The molecule has 1 aliphatic rings. The lowest BCUT2D eigenvalue weighted by Gasteiger charge is -2.20. The molecule has 4 aromatic rings. The molecule has 0 saturated heterocycles. The summed E-state index contributed by atoms with van der Waals surface area (Å²) in [5.74, 6) is 1.23. The third-order valence-corrected chi connectivity index (χ3v) is 8.86. The van der Waals surface area contributed by atoms with Gasteiger partial charge in [0, 0.05) is 18.2 Å². The van der Waals surface area contributed by atoms with Gasteiger partial charge < -0.3 is 10.1 Å². The topological polar surface area (TPSA) is 155 Å². The normalized spacial score (nSPS) is 13.6. The monoisotopic (exact) mass is 564 g/mol. The first-order chi connectivity index (χ1) is 19.3. The Balaban J connectivity index is 1.56. The fourth-order valence-electron chi connectivity index (χ4n) is 4.68. The maximum absolute atomic E-state index is 13.8. The average Bonchev–Trinajstić information content (AvgIpc) is 3.83. The highest BCUT2D eigenvalue weighted by atomic mass is 32.2. The number of methoxy groups -OCH3 is 1. The van der Waals surface area contributed by atoms with Crippen molar-refractivity contribution >= 4 is 26.8 Å². The second-order valence-electron chi connectivity index (χ2n) is 9.67. The molecule has 0 aliphatic heterocycles. The van der Waals surface area contributed by atoms with Crippen molar-refractivity contribution in [2.24, 2.45) is 0 Å². The Morgan fingerprint density at radius 1 is 1.05 bits per heavy atom. The highest BCUT2D eigenvalue weighted by Gasteiger charge is 2.31. The van der Waals surface area contributed by atoms with Crippen molar-refractivity contribution in [3.63, 3.8) is 0 Å². The van der Waals surface area contributed by atoms with Gasteiger partial charge in [-0.1, -0.05) is 20.8 Å². The predicted molar refractivity (Wildman–Crippen MR) is 150 cm³/mol. The number of aromatic nitrogens is 7. The van der Waals surface area contributed by atoms with Crippen LogP contribution in [0.4, 0.5) is 5.82 Å². The van der Waals surface area contributed by atoms with Crippen molar-refractivity contribution in [2.45, 2.75) is 69.9 Å². The summed E-state index contributed by atoms with van der Waals surface area (Å²) in [6.07, 6.45) is 7.92. The molecule has 4 aromatic heterocycles. The average molecular weight is 565 g/mol. The Kier molecular flexibility index (Phi) is 7.74. The first-order valence-corrected chi connectivity index (χ1v) is 15.1. The lowest BCUT2D eigenvalue weighted by molar-refractivity contribution is 0.397. The molecular formula is C27H32N8O4S. The van der Waals surface area contributed by atoms with Crippen LogP contribution in [0.1, 0.15) is 69.8 Å². The van der Waals surface area contributed by atoms with Crippen LogP contribution in [0.25, 0.3) is 22.6 Å². The summed E-state index contributed by atoms with van der Waals surface area (Å²) < 4.78 is 31.4. The highest BCUT2D eigenvalue weighted by Crippen LogP contribution is 2.44. The summed E-state index contributed by atoms with van der Waals surface area (Å²) >= 11 is 0. The van der Waals surface area contributed by atoms with Crippen molar-refractivity contribution in [3.05, 3.63) is 52.6 Å². The summed E-state index contributed by atoms with van der Waals surface area (Å²) in [4.78, 5) is 41.0. The molecule has 1 saturated carbocycles. The number of hydrogen-bond acceptors (Lipinski definition) is 11. The van der Waals surface area contributed by atoms with Gasteiger partial charge in [-0.2, -0.15) is 0 Å². The second-order valence-corrected chi connectivity index (χ2v) is 11.9. The van der Waals surface area contributed by atoms with E-state index in [9.17, 15) is 13.2 Å². The molecule has 1 N–H and O–H groups in total. The van der Waals surface area contributed by atoms with Gasteiger partial charge in [-0.3, -0.25) is 14.3 Å². The van der Waals surface area contributed by atoms with E-state index < -0.39 is 9.84 Å². The van der Waals surface area contributed by atoms with Crippen LogP contribution in [0.5, 0.6) is 5.88 Å². The van der Waals surface area contributed by atoms with E-state index in [2.05, 4.69) is 30.2 Å². The minimum absolute atomic E-state index is 0.00138. The molecule has 1 aliphatic carbocycles. The molecule has 0 unspecified atom stereocenters. The predicted octanol–water partition coefficient (Wildman–Crippen LogP) is 3.69. The summed E-state index contributed by atoms with van der Waals surface area (Å²) in [5, 5.41) is 3.08. The lowest BCUT2D eigenvalue weighted by atomic mass is 10.1. The largest absolute Gasteiger partial charge is 0.480 e. The molecule has 0 atom stereocenters. The van der Waals surface area contributed by atoms with Gasteiger partial charge in [0.1, 0.15) is 17.4 Å². The van der Waals surface area contributed by atoms with Gasteiger partial charge in [-0.05, 0) is 37.8 Å². The van der Waals surface area contributed by atoms with Crippen molar-refractivity contribution < 1.29 is 13.2 Å². The van der Waals surface area contributed by atoms with E-state index in [1.165, 1.54) is 18.6 Å². The minimum Gasteiger partial charge on any atom is -0.480 e. The summed E-state index contributed by atoms with van der Waals surface area (Å²) in [5.41, 5.74) is 2.63. The molecule has 0 radical (unpaired) electrons. The van der Waals surface area contributed by atoms with Crippen molar-refractivity contribution in [2.75, 3.05) is 18.2 Å². The SMILES string of the molecule is CCC(CC)n1c(=O)c(NCc2ccc(S(=O)(=O)CC)cn2)nc2cnc(-c3c(OC)ncnc3C3CC3)nc21. The zero-order valence-corrected chi connectivity index (χ0v) is 23.8.